The molecule has 0 aromatic carbocycles. The highest BCUT2D eigenvalue weighted by atomic mass is 35.7. The van der Waals surface area contributed by atoms with E-state index in [1.807, 2.05) is 19.0 Å². The van der Waals surface area contributed by atoms with E-state index in [9.17, 15) is 8.42 Å². The van der Waals surface area contributed by atoms with Gasteiger partial charge in [-0.3, -0.25) is 0 Å². The van der Waals surface area contributed by atoms with Crippen LogP contribution in [0, 0.1) is 0 Å². The first-order valence-electron chi connectivity index (χ1n) is 2.76. The lowest BCUT2D eigenvalue weighted by molar-refractivity contribution is 0.413. The fourth-order valence-electron chi connectivity index (χ4n) is 0.391. The second-order valence-electron chi connectivity index (χ2n) is 2.14. The number of hydrogen-bond donors (Lipinski definition) is 1. The van der Waals surface area contributed by atoms with Crippen LogP contribution in [0.3, 0.4) is 0 Å². The Morgan fingerprint density at radius 3 is 2.30 bits per heavy atom. The predicted octanol–water partition coefficient (Wildman–Crippen LogP) is -0.379. The van der Waals surface area contributed by atoms with Crippen LogP contribution in [0.25, 0.3) is 0 Å². The molecule has 0 spiro atoms. The summed E-state index contributed by atoms with van der Waals surface area (Å²) in [6.45, 7) is 0.991. The third-order valence-electron chi connectivity index (χ3n) is 0.833. The van der Waals surface area contributed by atoms with Gasteiger partial charge in [-0.05, 0) is 14.1 Å². The maximum absolute atomic E-state index is 10.2. The van der Waals surface area contributed by atoms with E-state index in [-0.39, 0.29) is 0 Å². The second-order valence-corrected chi connectivity index (χ2v) is 4.52. The summed E-state index contributed by atoms with van der Waals surface area (Å²) < 4.78 is 22.6. The molecule has 0 aliphatic heterocycles. The summed E-state index contributed by atoms with van der Waals surface area (Å²) in [4.78, 5) is 1.86. The Kier molecular flexibility index (Phi) is 4.19. The van der Waals surface area contributed by atoms with E-state index in [1.54, 1.807) is 0 Å². The Bertz CT molecular complexity index is 178. The molecule has 0 aliphatic carbocycles. The zero-order valence-corrected chi connectivity index (χ0v) is 7.54. The molecular formula is C4H11ClN2O2S. The van der Waals surface area contributed by atoms with Gasteiger partial charge in [0.25, 0.3) is 9.24 Å². The van der Waals surface area contributed by atoms with Gasteiger partial charge in [-0.2, -0.15) is 8.42 Å². The fraction of sp³-hybridized carbons (Fsp3) is 1.00. The van der Waals surface area contributed by atoms with Crippen LogP contribution in [-0.2, 0) is 9.24 Å². The monoisotopic (exact) mass is 186 g/mol. The highest BCUT2D eigenvalue weighted by Crippen LogP contribution is 1.87. The van der Waals surface area contributed by atoms with Crippen molar-refractivity contribution in [1.29, 1.82) is 0 Å². The molecule has 0 amide bonds. The highest BCUT2D eigenvalue weighted by molar-refractivity contribution is 8.12. The molecule has 0 atom stereocenters. The van der Waals surface area contributed by atoms with Crippen molar-refractivity contribution in [3.8, 4) is 0 Å². The van der Waals surface area contributed by atoms with Crippen molar-refractivity contribution < 1.29 is 8.42 Å². The lowest BCUT2D eigenvalue weighted by Gasteiger charge is -2.07. The molecule has 0 bridgehead atoms. The van der Waals surface area contributed by atoms with Crippen molar-refractivity contribution in [2.75, 3.05) is 27.2 Å². The Labute approximate surface area is 65.7 Å². The van der Waals surface area contributed by atoms with Gasteiger partial charge in [0.1, 0.15) is 0 Å². The Balaban J connectivity index is 3.39. The van der Waals surface area contributed by atoms with Gasteiger partial charge < -0.3 is 4.90 Å². The van der Waals surface area contributed by atoms with E-state index >= 15 is 0 Å². The molecule has 0 fully saturated rings. The topological polar surface area (TPSA) is 49.4 Å². The molecule has 0 unspecified atom stereocenters. The van der Waals surface area contributed by atoms with Crippen molar-refractivity contribution in [2.45, 2.75) is 0 Å². The van der Waals surface area contributed by atoms with Crippen LogP contribution in [0.15, 0.2) is 0 Å². The van der Waals surface area contributed by atoms with Gasteiger partial charge in [0.2, 0.25) is 0 Å². The van der Waals surface area contributed by atoms with Crippen LogP contribution in [0.4, 0.5) is 0 Å². The van der Waals surface area contributed by atoms with Crippen LogP contribution in [0.5, 0.6) is 0 Å². The number of halogens is 1. The zero-order chi connectivity index (χ0) is 8.20. The second kappa shape index (κ2) is 4.12. The van der Waals surface area contributed by atoms with E-state index < -0.39 is 9.24 Å². The Hall–Kier alpha value is 0.160. The zero-order valence-electron chi connectivity index (χ0n) is 5.96. The number of hydrogen-bond acceptors (Lipinski definition) is 3. The molecule has 62 valence electrons. The van der Waals surface area contributed by atoms with Crippen molar-refractivity contribution in [2.24, 2.45) is 0 Å². The molecule has 0 aromatic heterocycles. The van der Waals surface area contributed by atoms with Gasteiger partial charge in [-0.25, -0.2) is 4.72 Å². The predicted molar refractivity (Wildman–Crippen MR) is 41.3 cm³/mol. The first-order valence-corrected chi connectivity index (χ1v) is 5.07. The average molecular weight is 187 g/mol. The van der Waals surface area contributed by atoms with Crippen molar-refractivity contribution in [3.05, 3.63) is 0 Å². The SMILES string of the molecule is CN(C)CCNS(=O)(=O)Cl. The van der Waals surface area contributed by atoms with Gasteiger partial charge >= 0.3 is 0 Å². The summed E-state index contributed by atoms with van der Waals surface area (Å²) in [5, 5.41) is 0. The first-order chi connectivity index (χ1) is 4.42. The molecule has 10 heavy (non-hydrogen) atoms. The quantitative estimate of drug-likeness (QED) is 0.610. The number of likely N-dealkylation sites (N-methyl/N-ethyl adjacent to an activating group) is 1. The normalized spacial score (nSPS) is 12.4. The number of nitrogens with zero attached hydrogens (tertiary/aromatic N) is 1. The molecule has 4 nitrogen and oxygen atoms in total. The van der Waals surface area contributed by atoms with Gasteiger partial charge in [-0.15, -0.1) is 0 Å². The van der Waals surface area contributed by atoms with Crippen LogP contribution < -0.4 is 4.72 Å². The molecule has 0 heterocycles. The minimum absolute atomic E-state index is 0.346. The third kappa shape index (κ3) is 8.16. The molecule has 0 aromatic rings. The molecule has 0 saturated heterocycles. The summed E-state index contributed by atoms with van der Waals surface area (Å²) in [5.74, 6) is 0. The van der Waals surface area contributed by atoms with Crippen LogP contribution in [0.2, 0.25) is 0 Å². The Morgan fingerprint density at radius 2 is 2.00 bits per heavy atom. The standard InChI is InChI=1S/C4H11ClN2O2S/c1-7(2)4-3-6-10(5,8)9/h6H,3-4H2,1-2H3. The first kappa shape index (κ1) is 10.2. The van der Waals surface area contributed by atoms with Crippen molar-refractivity contribution in [1.82, 2.24) is 9.62 Å². The van der Waals surface area contributed by atoms with Crippen molar-refractivity contribution in [3.63, 3.8) is 0 Å². The van der Waals surface area contributed by atoms with E-state index in [0.717, 1.165) is 0 Å². The van der Waals surface area contributed by atoms with E-state index in [2.05, 4.69) is 4.72 Å². The van der Waals surface area contributed by atoms with Gasteiger partial charge in [0, 0.05) is 23.8 Å². The minimum atomic E-state index is -3.52. The number of rotatable bonds is 4. The summed E-state index contributed by atoms with van der Waals surface area (Å²) in [6, 6.07) is 0. The maximum Gasteiger partial charge on any atom is 0.297 e. The smallest absolute Gasteiger partial charge is 0.297 e. The molecule has 6 heteroatoms. The van der Waals surface area contributed by atoms with Crippen molar-refractivity contribution >= 4 is 19.9 Å². The lowest BCUT2D eigenvalue weighted by atomic mass is 10.6. The van der Waals surface area contributed by atoms with E-state index in [1.165, 1.54) is 0 Å². The minimum Gasteiger partial charge on any atom is -0.308 e. The third-order valence-corrected chi connectivity index (χ3v) is 1.71. The van der Waals surface area contributed by atoms with Crippen LogP contribution in [0.1, 0.15) is 0 Å². The summed E-state index contributed by atoms with van der Waals surface area (Å²) in [6.07, 6.45) is 0. The summed E-state index contributed by atoms with van der Waals surface area (Å²) in [7, 11) is 5.03. The molecule has 0 saturated carbocycles. The highest BCUT2D eigenvalue weighted by Gasteiger charge is 2.01. The summed E-state index contributed by atoms with van der Waals surface area (Å²) >= 11 is 0. The van der Waals surface area contributed by atoms with Gasteiger partial charge in [0.15, 0.2) is 0 Å². The summed E-state index contributed by atoms with van der Waals surface area (Å²) in [5.41, 5.74) is 0. The molecule has 0 radical (unpaired) electrons. The molecule has 0 rings (SSSR count). The van der Waals surface area contributed by atoms with Gasteiger partial charge in [-0.1, -0.05) is 0 Å². The lowest BCUT2D eigenvalue weighted by Crippen LogP contribution is -2.28. The molecule has 0 aliphatic rings. The van der Waals surface area contributed by atoms with Crippen LogP contribution >= 0.6 is 10.7 Å². The van der Waals surface area contributed by atoms with Crippen LogP contribution in [-0.4, -0.2) is 40.5 Å². The fourth-order valence-corrected chi connectivity index (χ4v) is 0.958. The number of nitrogens with one attached hydrogen (secondary N) is 1. The maximum atomic E-state index is 10.2. The van der Waals surface area contributed by atoms with Gasteiger partial charge in [0.05, 0.1) is 0 Å². The molecular weight excluding hydrogens is 176 g/mol. The average Bonchev–Trinajstić information content (AvgIpc) is 1.59. The Morgan fingerprint density at radius 1 is 1.50 bits per heavy atom. The molecule has 1 N–H and O–H groups in total. The van der Waals surface area contributed by atoms with E-state index in [0.29, 0.717) is 13.1 Å². The largest absolute Gasteiger partial charge is 0.308 e. The van der Waals surface area contributed by atoms with E-state index in [4.69, 9.17) is 10.7 Å².